The summed E-state index contributed by atoms with van der Waals surface area (Å²) in [4.78, 5) is 0. The maximum absolute atomic E-state index is 12.3. The van der Waals surface area contributed by atoms with Crippen molar-refractivity contribution < 1.29 is 12.8 Å². The first kappa shape index (κ1) is 17.6. The Hall–Kier alpha value is -1.44. The Morgan fingerprint density at radius 3 is 2.52 bits per heavy atom. The van der Waals surface area contributed by atoms with Crippen molar-refractivity contribution in [3.8, 4) is 0 Å². The van der Waals surface area contributed by atoms with Crippen LogP contribution in [0.5, 0.6) is 0 Å². The fraction of sp³-hybridized carbons (Fsp3) is 0.385. The Morgan fingerprint density at radius 1 is 1.29 bits per heavy atom. The molecule has 1 aromatic carbocycles. The van der Waals surface area contributed by atoms with Gasteiger partial charge in [0.05, 0.1) is 11.8 Å². The minimum Gasteiger partial charge on any atom is -0.411 e. The van der Waals surface area contributed by atoms with E-state index in [2.05, 4.69) is 10.2 Å². The minimum atomic E-state index is -3.66. The Kier molecular flexibility index (Phi) is 5.49. The van der Waals surface area contributed by atoms with Gasteiger partial charge in [0.15, 0.2) is 0 Å². The quantitative estimate of drug-likeness (QED) is 0.921. The second kappa shape index (κ2) is 6.55. The maximum Gasteiger partial charge on any atom is 0.335 e. The first-order valence-electron chi connectivity index (χ1n) is 6.17. The number of sulfone groups is 1. The largest absolute Gasteiger partial charge is 0.411 e. The lowest BCUT2D eigenvalue weighted by molar-refractivity contribution is 0.380. The third-order valence-corrected chi connectivity index (χ3v) is 4.32. The van der Waals surface area contributed by atoms with Gasteiger partial charge in [0.25, 0.3) is 0 Å². The predicted molar refractivity (Wildman–Crippen MR) is 81.0 cm³/mol. The van der Waals surface area contributed by atoms with E-state index in [4.69, 9.17) is 10.2 Å². The third-order valence-electron chi connectivity index (χ3n) is 2.93. The molecule has 0 fully saturated rings. The van der Waals surface area contributed by atoms with Crippen LogP contribution in [0.2, 0.25) is 0 Å². The van der Waals surface area contributed by atoms with E-state index in [1.807, 2.05) is 32.0 Å². The molecule has 0 radical (unpaired) electrons. The lowest BCUT2D eigenvalue weighted by atomic mass is 10.1. The number of rotatable bonds is 4. The Labute approximate surface area is 130 Å². The lowest BCUT2D eigenvalue weighted by Gasteiger charge is -2.06. The van der Waals surface area contributed by atoms with Crippen molar-refractivity contribution in [2.75, 3.05) is 0 Å². The van der Waals surface area contributed by atoms with Crippen LogP contribution in [0, 0.1) is 13.8 Å². The highest BCUT2D eigenvalue weighted by molar-refractivity contribution is 7.90. The topological polar surface area (TPSA) is 99.1 Å². The van der Waals surface area contributed by atoms with Crippen LogP contribution in [0.3, 0.4) is 0 Å². The number of hydrogen-bond acceptors (Lipinski definition) is 6. The maximum atomic E-state index is 12.3. The van der Waals surface area contributed by atoms with Gasteiger partial charge in [0.2, 0.25) is 15.7 Å². The molecule has 0 bridgehead atoms. The van der Waals surface area contributed by atoms with Crippen molar-refractivity contribution in [1.29, 1.82) is 0 Å². The smallest absolute Gasteiger partial charge is 0.335 e. The van der Waals surface area contributed by atoms with E-state index in [-0.39, 0.29) is 29.3 Å². The molecule has 1 atom stereocenters. The standard InChI is InChI=1S/C13H17N3O3S.ClH/c1-8-4-5-9(2)11(6-8)7-20(17,18)13-16-15-12(19-13)10(3)14;/h4-6,10H,7,14H2,1-3H3;1H/t10-;/m0./s1. The number of halogens is 1. The molecule has 21 heavy (non-hydrogen) atoms. The molecule has 2 rings (SSSR count). The zero-order valence-electron chi connectivity index (χ0n) is 12.0. The summed E-state index contributed by atoms with van der Waals surface area (Å²) >= 11 is 0. The molecule has 6 nitrogen and oxygen atoms in total. The zero-order chi connectivity index (χ0) is 14.9. The van der Waals surface area contributed by atoms with Gasteiger partial charge in [0.1, 0.15) is 0 Å². The molecule has 1 heterocycles. The number of hydrogen-bond donors (Lipinski definition) is 1. The number of nitrogens with zero attached hydrogens (tertiary/aromatic N) is 2. The van der Waals surface area contributed by atoms with Crippen molar-refractivity contribution >= 4 is 22.2 Å². The normalized spacial score (nSPS) is 12.8. The number of nitrogens with two attached hydrogens (primary N) is 1. The highest BCUT2D eigenvalue weighted by Gasteiger charge is 2.24. The molecule has 0 saturated carbocycles. The number of benzene rings is 1. The molecule has 116 valence electrons. The van der Waals surface area contributed by atoms with Gasteiger partial charge < -0.3 is 10.2 Å². The van der Waals surface area contributed by atoms with Crippen LogP contribution in [-0.4, -0.2) is 18.6 Å². The van der Waals surface area contributed by atoms with E-state index < -0.39 is 15.9 Å². The van der Waals surface area contributed by atoms with Crippen molar-refractivity contribution in [2.45, 2.75) is 37.8 Å². The molecule has 0 amide bonds. The Bertz CT molecular complexity index is 726. The van der Waals surface area contributed by atoms with Crippen LogP contribution >= 0.6 is 12.4 Å². The summed E-state index contributed by atoms with van der Waals surface area (Å²) in [7, 11) is -3.66. The van der Waals surface area contributed by atoms with E-state index in [1.165, 1.54) is 0 Å². The van der Waals surface area contributed by atoms with Gasteiger partial charge in [-0.1, -0.05) is 28.9 Å². The summed E-state index contributed by atoms with van der Waals surface area (Å²) in [6.07, 6.45) is 0. The van der Waals surface area contributed by atoms with Crippen LogP contribution in [0.4, 0.5) is 0 Å². The van der Waals surface area contributed by atoms with Crippen molar-refractivity contribution in [3.63, 3.8) is 0 Å². The van der Waals surface area contributed by atoms with Crippen LogP contribution in [0.1, 0.15) is 35.5 Å². The first-order valence-corrected chi connectivity index (χ1v) is 7.82. The second-order valence-corrected chi connectivity index (χ2v) is 6.75. The Balaban J connectivity index is 0.00000220. The summed E-state index contributed by atoms with van der Waals surface area (Å²) in [5, 5.41) is 6.83. The Morgan fingerprint density at radius 2 is 1.95 bits per heavy atom. The van der Waals surface area contributed by atoms with Crippen LogP contribution in [0.15, 0.2) is 27.8 Å². The van der Waals surface area contributed by atoms with Gasteiger partial charge in [-0.05, 0) is 31.9 Å². The fourth-order valence-electron chi connectivity index (χ4n) is 1.75. The molecule has 0 spiro atoms. The van der Waals surface area contributed by atoms with Crippen molar-refractivity contribution in [1.82, 2.24) is 10.2 Å². The van der Waals surface area contributed by atoms with Crippen LogP contribution in [0.25, 0.3) is 0 Å². The molecule has 0 saturated heterocycles. The summed E-state index contributed by atoms with van der Waals surface area (Å²) in [5.74, 6) is -0.0503. The third kappa shape index (κ3) is 4.03. The summed E-state index contributed by atoms with van der Waals surface area (Å²) in [6.45, 7) is 5.43. The van der Waals surface area contributed by atoms with E-state index in [0.717, 1.165) is 16.7 Å². The average Bonchev–Trinajstić information content (AvgIpc) is 2.84. The first-order chi connectivity index (χ1) is 9.29. The number of aryl methyl sites for hydroxylation is 2. The molecule has 1 aromatic heterocycles. The van der Waals surface area contributed by atoms with Crippen molar-refractivity contribution in [3.05, 3.63) is 40.8 Å². The highest BCUT2D eigenvalue weighted by atomic mass is 35.5. The van der Waals surface area contributed by atoms with E-state index in [9.17, 15) is 8.42 Å². The SMILES string of the molecule is Cc1ccc(C)c(CS(=O)(=O)c2nnc([C@H](C)N)o2)c1.Cl. The van der Waals surface area contributed by atoms with Crippen LogP contribution in [-0.2, 0) is 15.6 Å². The molecule has 2 aromatic rings. The molecule has 0 aliphatic heterocycles. The lowest BCUT2D eigenvalue weighted by Crippen LogP contribution is -2.07. The zero-order valence-corrected chi connectivity index (χ0v) is 13.7. The van der Waals surface area contributed by atoms with E-state index in [1.54, 1.807) is 6.92 Å². The number of aromatic nitrogens is 2. The van der Waals surface area contributed by atoms with Gasteiger partial charge in [-0.2, -0.15) is 0 Å². The predicted octanol–water partition coefficient (Wildman–Crippen LogP) is 2.10. The molecule has 8 heteroatoms. The van der Waals surface area contributed by atoms with Gasteiger partial charge in [-0.25, -0.2) is 8.42 Å². The fourth-order valence-corrected chi connectivity index (χ4v) is 2.97. The molecule has 2 N–H and O–H groups in total. The molecule has 0 unspecified atom stereocenters. The summed E-state index contributed by atoms with van der Waals surface area (Å²) < 4.78 is 29.6. The van der Waals surface area contributed by atoms with E-state index in [0.29, 0.717) is 0 Å². The molecule has 0 aliphatic rings. The van der Waals surface area contributed by atoms with Crippen LogP contribution < -0.4 is 5.73 Å². The van der Waals surface area contributed by atoms with Gasteiger partial charge in [-0.3, -0.25) is 0 Å². The van der Waals surface area contributed by atoms with Crippen molar-refractivity contribution in [2.24, 2.45) is 5.73 Å². The van der Waals surface area contributed by atoms with Gasteiger partial charge in [0, 0.05) is 0 Å². The molecule has 0 aliphatic carbocycles. The molecular formula is C13H18ClN3O3S. The summed E-state index contributed by atoms with van der Waals surface area (Å²) in [6, 6.07) is 5.18. The second-order valence-electron chi connectivity index (χ2n) is 4.88. The summed E-state index contributed by atoms with van der Waals surface area (Å²) in [5.41, 5.74) is 8.21. The van der Waals surface area contributed by atoms with Gasteiger partial charge >= 0.3 is 5.22 Å². The van der Waals surface area contributed by atoms with Gasteiger partial charge in [-0.15, -0.1) is 17.5 Å². The average molecular weight is 332 g/mol. The highest BCUT2D eigenvalue weighted by Crippen LogP contribution is 2.20. The monoisotopic (exact) mass is 331 g/mol. The van der Waals surface area contributed by atoms with E-state index >= 15 is 0 Å². The minimum absolute atomic E-state index is 0. The molecular weight excluding hydrogens is 314 g/mol.